The molecule has 0 saturated carbocycles. The summed E-state index contributed by atoms with van der Waals surface area (Å²) in [4.78, 5) is 4.40. The number of nitrogens with zero attached hydrogens (tertiary/aromatic N) is 1. The zero-order valence-electron chi connectivity index (χ0n) is 8.60. The predicted octanol–water partition coefficient (Wildman–Crippen LogP) is 3.03. The number of thioether (sulfide) groups is 2. The molecule has 0 fully saturated rings. The first-order valence-corrected chi connectivity index (χ1v) is 6.78. The smallest absolute Gasteiger partial charge is 0.124 e. The van der Waals surface area contributed by atoms with E-state index in [1.165, 1.54) is 9.94 Å². The third-order valence-electron chi connectivity index (χ3n) is 2.05. The molecule has 0 aromatic heterocycles. The van der Waals surface area contributed by atoms with Crippen molar-refractivity contribution in [3.63, 3.8) is 0 Å². The second-order valence-corrected chi connectivity index (χ2v) is 5.44. The number of methoxy groups -OCH3 is 1. The lowest BCUT2D eigenvalue weighted by Crippen LogP contribution is -1.87. The molecule has 0 saturated heterocycles. The van der Waals surface area contributed by atoms with E-state index in [9.17, 15) is 0 Å². The largest absolute Gasteiger partial charge is 0.497 e. The number of rotatable bonds is 3. The normalized spacial score (nSPS) is 15.1. The lowest BCUT2D eigenvalue weighted by molar-refractivity contribution is 0.414. The van der Waals surface area contributed by atoms with Crippen LogP contribution in [0.25, 0.3) is 0 Å². The minimum absolute atomic E-state index is 0.925. The zero-order chi connectivity index (χ0) is 10.5. The minimum Gasteiger partial charge on any atom is -0.497 e. The van der Waals surface area contributed by atoms with Gasteiger partial charge < -0.3 is 4.74 Å². The number of aliphatic imine (C=N–C) groups is 1. The molecule has 80 valence electrons. The summed E-state index contributed by atoms with van der Waals surface area (Å²) in [5.74, 6) is 3.04. The van der Waals surface area contributed by atoms with Crippen molar-refractivity contribution in [1.29, 1.82) is 0 Å². The summed E-state index contributed by atoms with van der Waals surface area (Å²) >= 11 is 3.67. The fraction of sp³-hybridized carbons (Fsp3) is 0.364. The number of benzene rings is 1. The van der Waals surface area contributed by atoms with E-state index in [1.807, 2.05) is 35.7 Å². The van der Waals surface area contributed by atoms with Crippen LogP contribution in [0.4, 0.5) is 0 Å². The van der Waals surface area contributed by atoms with Crippen LogP contribution in [-0.2, 0) is 5.75 Å². The fourth-order valence-corrected chi connectivity index (χ4v) is 3.26. The highest BCUT2D eigenvalue weighted by Crippen LogP contribution is 2.26. The quantitative estimate of drug-likeness (QED) is 0.809. The molecule has 1 aliphatic rings. The highest BCUT2D eigenvalue weighted by atomic mass is 32.2. The average Bonchev–Trinajstić information content (AvgIpc) is 2.79. The van der Waals surface area contributed by atoms with Crippen LogP contribution in [0.1, 0.15) is 5.56 Å². The van der Waals surface area contributed by atoms with E-state index in [-0.39, 0.29) is 0 Å². The molecule has 4 heteroatoms. The van der Waals surface area contributed by atoms with E-state index in [0.29, 0.717) is 0 Å². The van der Waals surface area contributed by atoms with Gasteiger partial charge in [0.05, 0.1) is 13.7 Å². The summed E-state index contributed by atoms with van der Waals surface area (Å²) in [6.07, 6.45) is 0. The standard InChI is InChI=1S/C11H13NOS2/c1-13-10-4-2-3-9(7-10)8-15-11-12-5-6-14-11/h2-4,7H,5-6,8H2,1H3. The lowest BCUT2D eigenvalue weighted by atomic mass is 10.2. The molecule has 0 spiro atoms. The molecule has 0 amide bonds. The topological polar surface area (TPSA) is 21.6 Å². The van der Waals surface area contributed by atoms with Crippen molar-refractivity contribution in [2.75, 3.05) is 19.4 Å². The van der Waals surface area contributed by atoms with Gasteiger partial charge in [0.1, 0.15) is 10.1 Å². The van der Waals surface area contributed by atoms with Crippen LogP contribution in [0.3, 0.4) is 0 Å². The molecular formula is C11H13NOS2. The van der Waals surface area contributed by atoms with Gasteiger partial charge in [-0.1, -0.05) is 35.7 Å². The van der Waals surface area contributed by atoms with Crippen molar-refractivity contribution in [1.82, 2.24) is 0 Å². The molecule has 15 heavy (non-hydrogen) atoms. The molecule has 0 atom stereocenters. The Hall–Kier alpha value is -0.610. The van der Waals surface area contributed by atoms with Crippen LogP contribution in [0.15, 0.2) is 29.3 Å². The van der Waals surface area contributed by atoms with Crippen LogP contribution in [0, 0.1) is 0 Å². The Morgan fingerprint density at radius 2 is 2.47 bits per heavy atom. The average molecular weight is 239 g/mol. The van der Waals surface area contributed by atoms with E-state index in [0.717, 1.165) is 23.8 Å². The van der Waals surface area contributed by atoms with Gasteiger partial charge in [0.2, 0.25) is 0 Å². The molecule has 1 heterocycles. The molecule has 1 aliphatic heterocycles. The maximum Gasteiger partial charge on any atom is 0.124 e. The lowest BCUT2D eigenvalue weighted by Gasteiger charge is -2.03. The SMILES string of the molecule is COc1cccc(CSC2=NCCS2)c1. The van der Waals surface area contributed by atoms with Gasteiger partial charge in [0.15, 0.2) is 0 Å². The van der Waals surface area contributed by atoms with Gasteiger partial charge in [-0.3, -0.25) is 4.99 Å². The van der Waals surface area contributed by atoms with Gasteiger partial charge in [-0.15, -0.1) is 0 Å². The highest BCUT2D eigenvalue weighted by Gasteiger charge is 2.07. The highest BCUT2D eigenvalue weighted by molar-refractivity contribution is 8.38. The molecular weight excluding hydrogens is 226 g/mol. The van der Waals surface area contributed by atoms with Gasteiger partial charge in [-0.2, -0.15) is 0 Å². The molecule has 0 aliphatic carbocycles. The minimum atomic E-state index is 0.925. The summed E-state index contributed by atoms with van der Waals surface area (Å²) < 4.78 is 6.40. The first kappa shape index (κ1) is 10.9. The second kappa shape index (κ2) is 5.47. The molecule has 0 radical (unpaired) electrons. The van der Waals surface area contributed by atoms with Crippen molar-refractivity contribution >= 4 is 27.9 Å². The van der Waals surface area contributed by atoms with Crippen molar-refractivity contribution in [3.8, 4) is 5.75 Å². The Morgan fingerprint density at radius 1 is 1.53 bits per heavy atom. The summed E-state index contributed by atoms with van der Waals surface area (Å²) in [5, 5.41) is 0. The molecule has 2 rings (SSSR count). The molecule has 0 N–H and O–H groups in total. The van der Waals surface area contributed by atoms with Crippen LogP contribution >= 0.6 is 23.5 Å². The Labute approximate surface area is 98.5 Å². The Bertz CT molecular complexity index is 365. The Balaban J connectivity index is 1.92. The summed E-state index contributed by atoms with van der Waals surface area (Å²) in [6.45, 7) is 0.977. The molecule has 0 unspecified atom stereocenters. The van der Waals surface area contributed by atoms with E-state index in [4.69, 9.17) is 4.74 Å². The number of hydrogen-bond acceptors (Lipinski definition) is 4. The van der Waals surface area contributed by atoms with Gasteiger partial charge in [0.25, 0.3) is 0 Å². The Kier molecular flexibility index (Phi) is 3.97. The van der Waals surface area contributed by atoms with Gasteiger partial charge >= 0.3 is 0 Å². The van der Waals surface area contributed by atoms with E-state index in [1.54, 1.807) is 7.11 Å². The second-order valence-electron chi connectivity index (χ2n) is 3.14. The summed E-state index contributed by atoms with van der Waals surface area (Å²) in [7, 11) is 1.70. The van der Waals surface area contributed by atoms with Crippen molar-refractivity contribution < 1.29 is 4.74 Å². The molecule has 1 aromatic carbocycles. The zero-order valence-corrected chi connectivity index (χ0v) is 10.2. The maximum absolute atomic E-state index is 5.18. The predicted molar refractivity (Wildman–Crippen MR) is 69.0 cm³/mol. The van der Waals surface area contributed by atoms with E-state index in [2.05, 4.69) is 17.1 Å². The Morgan fingerprint density at radius 3 is 3.20 bits per heavy atom. The van der Waals surface area contributed by atoms with Crippen LogP contribution in [0.5, 0.6) is 5.75 Å². The first-order chi connectivity index (χ1) is 7.38. The van der Waals surface area contributed by atoms with E-state index >= 15 is 0 Å². The van der Waals surface area contributed by atoms with Gasteiger partial charge in [-0.25, -0.2) is 0 Å². The molecule has 1 aromatic rings. The monoisotopic (exact) mass is 239 g/mol. The fourth-order valence-electron chi connectivity index (χ4n) is 1.31. The first-order valence-electron chi connectivity index (χ1n) is 4.81. The van der Waals surface area contributed by atoms with E-state index < -0.39 is 0 Å². The van der Waals surface area contributed by atoms with Crippen LogP contribution < -0.4 is 4.74 Å². The molecule has 0 bridgehead atoms. The van der Waals surface area contributed by atoms with Gasteiger partial charge in [0, 0.05) is 11.5 Å². The third kappa shape index (κ3) is 3.18. The van der Waals surface area contributed by atoms with Crippen molar-refractivity contribution in [2.24, 2.45) is 4.99 Å². The van der Waals surface area contributed by atoms with Crippen molar-refractivity contribution in [3.05, 3.63) is 29.8 Å². The number of hydrogen-bond donors (Lipinski definition) is 0. The van der Waals surface area contributed by atoms with Gasteiger partial charge in [-0.05, 0) is 17.7 Å². The third-order valence-corrected chi connectivity index (χ3v) is 4.38. The van der Waals surface area contributed by atoms with Crippen LogP contribution in [-0.4, -0.2) is 23.8 Å². The van der Waals surface area contributed by atoms with Crippen molar-refractivity contribution in [2.45, 2.75) is 5.75 Å². The molecule has 2 nitrogen and oxygen atoms in total. The maximum atomic E-state index is 5.18. The number of ether oxygens (including phenoxy) is 1. The van der Waals surface area contributed by atoms with Crippen LogP contribution in [0.2, 0.25) is 0 Å². The summed E-state index contributed by atoms with van der Waals surface area (Å²) in [6, 6.07) is 8.19. The summed E-state index contributed by atoms with van der Waals surface area (Å²) in [5.41, 5.74) is 1.29.